The van der Waals surface area contributed by atoms with Crippen LogP contribution >= 0.6 is 11.3 Å². The summed E-state index contributed by atoms with van der Waals surface area (Å²) in [5.41, 5.74) is 1.98. The molecule has 1 aliphatic rings. The predicted octanol–water partition coefficient (Wildman–Crippen LogP) is 3.01. The fraction of sp³-hybridized carbons (Fsp3) is 0.478. The van der Waals surface area contributed by atoms with Crippen LogP contribution < -0.4 is 14.8 Å². The summed E-state index contributed by atoms with van der Waals surface area (Å²) >= 11 is 1.25. The summed E-state index contributed by atoms with van der Waals surface area (Å²) in [6.45, 7) is 8.50. The molecule has 1 saturated heterocycles. The summed E-state index contributed by atoms with van der Waals surface area (Å²) in [6, 6.07) is 7.80. The first kappa shape index (κ1) is 24.0. The van der Waals surface area contributed by atoms with Gasteiger partial charge >= 0.3 is 5.97 Å². The van der Waals surface area contributed by atoms with Gasteiger partial charge in [0.2, 0.25) is 5.91 Å². The number of nitrogens with one attached hydrogen (secondary N) is 1. The van der Waals surface area contributed by atoms with Crippen molar-refractivity contribution in [3.05, 3.63) is 40.3 Å². The van der Waals surface area contributed by atoms with Crippen LogP contribution in [-0.2, 0) is 16.1 Å². The number of anilines is 1. The molecule has 0 spiro atoms. The Hall–Kier alpha value is -2.62. The first-order valence-corrected chi connectivity index (χ1v) is 11.5. The molecule has 0 radical (unpaired) electrons. The quantitative estimate of drug-likeness (QED) is 0.575. The fourth-order valence-corrected chi connectivity index (χ4v) is 4.65. The van der Waals surface area contributed by atoms with Crippen molar-refractivity contribution in [2.75, 3.05) is 58.9 Å². The summed E-state index contributed by atoms with van der Waals surface area (Å²) in [5, 5.41) is 3.58. The largest absolute Gasteiger partial charge is 0.493 e. The van der Waals surface area contributed by atoms with Gasteiger partial charge in [-0.3, -0.25) is 14.6 Å². The van der Waals surface area contributed by atoms with Gasteiger partial charge in [0, 0.05) is 32.7 Å². The minimum Gasteiger partial charge on any atom is -0.493 e. The van der Waals surface area contributed by atoms with E-state index >= 15 is 0 Å². The Labute approximate surface area is 193 Å². The van der Waals surface area contributed by atoms with E-state index < -0.39 is 0 Å². The van der Waals surface area contributed by atoms with Gasteiger partial charge in [0.1, 0.15) is 4.88 Å². The van der Waals surface area contributed by atoms with Gasteiger partial charge in [-0.2, -0.15) is 0 Å². The molecule has 174 valence electrons. The highest BCUT2D eigenvalue weighted by atomic mass is 32.1. The van der Waals surface area contributed by atoms with Gasteiger partial charge in [-0.05, 0) is 43.2 Å². The number of carbonyl (C=O) groups excluding carboxylic acids is 2. The van der Waals surface area contributed by atoms with E-state index in [4.69, 9.17) is 14.2 Å². The van der Waals surface area contributed by atoms with Crippen LogP contribution in [0.2, 0.25) is 0 Å². The Morgan fingerprint density at radius 3 is 2.38 bits per heavy atom. The normalized spacial score (nSPS) is 14.8. The Morgan fingerprint density at radius 1 is 1.03 bits per heavy atom. The van der Waals surface area contributed by atoms with E-state index in [2.05, 4.69) is 21.2 Å². The molecule has 0 saturated carbocycles. The van der Waals surface area contributed by atoms with Crippen molar-refractivity contribution in [2.24, 2.45) is 0 Å². The lowest BCUT2D eigenvalue weighted by Gasteiger charge is -2.34. The van der Waals surface area contributed by atoms with Crippen molar-refractivity contribution in [2.45, 2.75) is 20.4 Å². The monoisotopic (exact) mass is 461 g/mol. The minimum atomic E-state index is -0.346. The maximum absolute atomic E-state index is 12.5. The number of ether oxygens (including phenoxy) is 3. The standard InChI is InChI=1S/C23H31N3O5S/c1-5-31-23(28)22-16(2)12-21(32-22)24-20(27)15-26-10-8-25(9-11-26)14-17-6-7-18(29-3)19(13-17)30-4/h6-7,12-13H,5,8-11,14-15H2,1-4H3,(H,24,27). The van der Waals surface area contributed by atoms with Crippen molar-refractivity contribution >= 4 is 28.2 Å². The molecule has 2 heterocycles. The van der Waals surface area contributed by atoms with Gasteiger partial charge in [-0.1, -0.05) is 6.07 Å². The molecule has 9 heteroatoms. The zero-order valence-corrected chi connectivity index (χ0v) is 19.9. The molecule has 0 bridgehead atoms. The third kappa shape index (κ3) is 6.21. The minimum absolute atomic E-state index is 0.0741. The van der Waals surface area contributed by atoms with Gasteiger partial charge in [-0.25, -0.2) is 4.79 Å². The zero-order chi connectivity index (χ0) is 23.1. The lowest BCUT2D eigenvalue weighted by molar-refractivity contribution is -0.117. The number of piperazine rings is 1. The van der Waals surface area contributed by atoms with E-state index in [1.807, 2.05) is 25.1 Å². The number of amides is 1. The van der Waals surface area contributed by atoms with Crippen LogP contribution in [0.5, 0.6) is 11.5 Å². The van der Waals surface area contributed by atoms with Gasteiger partial charge in [0.25, 0.3) is 0 Å². The first-order valence-electron chi connectivity index (χ1n) is 10.7. The second-order valence-electron chi connectivity index (χ2n) is 7.63. The molecule has 8 nitrogen and oxygen atoms in total. The Kier molecular flexibility index (Phi) is 8.49. The Bertz CT molecular complexity index is 938. The topological polar surface area (TPSA) is 80.3 Å². The number of carbonyl (C=O) groups is 2. The Balaban J connectivity index is 1.46. The second-order valence-corrected chi connectivity index (χ2v) is 8.69. The number of methoxy groups -OCH3 is 2. The van der Waals surface area contributed by atoms with E-state index in [-0.39, 0.29) is 11.9 Å². The SMILES string of the molecule is CCOC(=O)c1sc(NC(=O)CN2CCN(Cc3ccc(OC)c(OC)c3)CC2)cc1C. The number of nitrogens with zero attached hydrogens (tertiary/aromatic N) is 2. The average molecular weight is 462 g/mol. The lowest BCUT2D eigenvalue weighted by atomic mass is 10.1. The maximum Gasteiger partial charge on any atom is 0.348 e. The summed E-state index contributed by atoms with van der Waals surface area (Å²) in [6.07, 6.45) is 0. The summed E-state index contributed by atoms with van der Waals surface area (Å²) in [4.78, 5) is 29.5. The predicted molar refractivity (Wildman–Crippen MR) is 125 cm³/mol. The molecule has 0 aliphatic carbocycles. The molecule has 1 fully saturated rings. The van der Waals surface area contributed by atoms with Crippen LogP contribution in [0.3, 0.4) is 0 Å². The molecule has 1 aliphatic heterocycles. The molecule has 0 atom stereocenters. The highest BCUT2D eigenvalue weighted by molar-refractivity contribution is 7.18. The van der Waals surface area contributed by atoms with Gasteiger partial charge < -0.3 is 19.5 Å². The van der Waals surface area contributed by atoms with Crippen LogP contribution in [0, 0.1) is 6.92 Å². The molecule has 1 aromatic carbocycles. The third-order valence-electron chi connectivity index (χ3n) is 5.33. The van der Waals surface area contributed by atoms with Gasteiger partial charge in [0.05, 0.1) is 32.4 Å². The number of thiophene rings is 1. The number of hydrogen-bond acceptors (Lipinski definition) is 8. The number of esters is 1. The van der Waals surface area contributed by atoms with Gasteiger partial charge in [-0.15, -0.1) is 11.3 Å². The highest BCUT2D eigenvalue weighted by Crippen LogP contribution is 2.29. The zero-order valence-electron chi connectivity index (χ0n) is 19.1. The number of rotatable bonds is 9. The van der Waals surface area contributed by atoms with Crippen LogP contribution in [0.4, 0.5) is 5.00 Å². The van der Waals surface area contributed by atoms with Crippen molar-refractivity contribution in [1.29, 1.82) is 0 Å². The van der Waals surface area contributed by atoms with Crippen molar-refractivity contribution in [1.82, 2.24) is 9.80 Å². The smallest absolute Gasteiger partial charge is 0.348 e. The second kappa shape index (κ2) is 11.3. The Morgan fingerprint density at radius 2 is 1.72 bits per heavy atom. The average Bonchev–Trinajstić information content (AvgIpc) is 3.15. The summed E-state index contributed by atoms with van der Waals surface area (Å²) in [7, 11) is 3.27. The van der Waals surface area contributed by atoms with E-state index in [0.29, 0.717) is 23.0 Å². The first-order chi connectivity index (χ1) is 15.4. The van der Waals surface area contributed by atoms with Crippen LogP contribution in [-0.4, -0.2) is 75.2 Å². The van der Waals surface area contributed by atoms with E-state index in [1.165, 1.54) is 16.9 Å². The number of aryl methyl sites for hydroxylation is 1. The third-order valence-corrected chi connectivity index (χ3v) is 6.46. The lowest BCUT2D eigenvalue weighted by Crippen LogP contribution is -2.48. The molecular weight excluding hydrogens is 430 g/mol. The van der Waals surface area contributed by atoms with Crippen molar-refractivity contribution in [3.63, 3.8) is 0 Å². The molecule has 1 aromatic heterocycles. The van der Waals surface area contributed by atoms with Gasteiger partial charge in [0.15, 0.2) is 11.5 Å². The summed E-state index contributed by atoms with van der Waals surface area (Å²) in [5.74, 6) is 1.04. The molecule has 1 N–H and O–H groups in total. The molecule has 3 rings (SSSR count). The number of benzene rings is 1. The highest BCUT2D eigenvalue weighted by Gasteiger charge is 2.21. The molecular formula is C23H31N3O5S. The molecule has 2 aromatic rings. The van der Waals surface area contributed by atoms with Crippen molar-refractivity contribution in [3.8, 4) is 11.5 Å². The fourth-order valence-electron chi connectivity index (χ4n) is 3.67. The number of hydrogen-bond donors (Lipinski definition) is 1. The molecule has 0 unspecified atom stereocenters. The molecule has 32 heavy (non-hydrogen) atoms. The van der Waals surface area contributed by atoms with E-state index in [0.717, 1.165) is 49.8 Å². The van der Waals surface area contributed by atoms with E-state index in [1.54, 1.807) is 21.1 Å². The van der Waals surface area contributed by atoms with Crippen LogP contribution in [0.25, 0.3) is 0 Å². The van der Waals surface area contributed by atoms with Crippen molar-refractivity contribution < 1.29 is 23.8 Å². The molecule has 1 amide bonds. The van der Waals surface area contributed by atoms with Crippen LogP contribution in [0.1, 0.15) is 27.7 Å². The summed E-state index contributed by atoms with van der Waals surface area (Å²) < 4.78 is 15.7. The van der Waals surface area contributed by atoms with Crippen LogP contribution in [0.15, 0.2) is 24.3 Å². The maximum atomic E-state index is 12.5. The van der Waals surface area contributed by atoms with E-state index in [9.17, 15) is 9.59 Å².